The maximum absolute atomic E-state index is 12.3. The number of nitrogens with one attached hydrogen (secondary N) is 2. The van der Waals surface area contributed by atoms with Gasteiger partial charge in [0.15, 0.2) is 0 Å². The van der Waals surface area contributed by atoms with E-state index in [9.17, 15) is 9.59 Å². The zero-order valence-corrected chi connectivity index (χ0v) is 24.9. The Bertz CT molecular complexity index is 632. The van der Waals surface area contributed by atoms with E-state index in [4.69, 9.17) is 18.9 Å². The first-order chi connectivity index (χ1) is 16.5. The number of carbonyl (C=O) groups excluding carboxylic acids is 2. The number of carbonyl (C=O) groups is 2. The first-order valence-corrected chi connectivity index (χ1v) is 13.5. The molecule has 36 heavy (non-hydrogen) atoms. The summed E-state index contributed by atoms with van der Waals surface area (Å²) in [6.45, 7) is 21.4. The summed E-state index contributed by atoms with van der Waals surface area (Å²) >= 11 is 0. The molecule has 0 aliphatic rings. The highest BCUT2D eigenvalue weighted by molar-refractivity contribution is 5.76. The molecule has 0 rings (SSSR count). The molecular formula is C28H56N2O6. The number of Topliss-reactive ketones (excluding diaryl/α,β-unsaturated/α-hetero) is 1. The van der Waals surface area contributed by atoms with E-state index in [0.29, 0.717) is 58.7 Å². The lowest BCUT2D eigenvalue weighted by atomic mass is 10.0. The fourth-order valence-corrected chi connectivity index (χ4v) is 3.36. The molecule has 0 bridgehead atoms. The lowest BCUT2D eigenvalue weighted by Crippen LogP contribution is -2.35. The highest BCUT2D eigenvalue weighted by Gasteiger charge is 2.25. The Morgan fingerprint density at radius 1 is 0.583 bits per heavy atom. The van der Waals surface area contributed by atoms with Crippen LogP contribution in [0.4, 0.5) is 0 Å². The third kappa shape index (κ3) is 20.0. The lowest BCUT2D eigenvalue weighted by molar-refractivity contribution is -0.124. The summed E-state index contributed by atoms with van der Waals surface area (Å²) in [7, 11) is 1.91. The maximum atomic E-state index is 12.3. The number of hydrogen-bond acceptors (Lipinski definition) is 7. The van der Waals surface area contributed by atoms with Gasteiger partial charge in [-0.2, -0.15) is 0 Å². The number of likely N-dealkylation sites (N-methyl/N-ethyl adjacent to an activating group) is 1. The van der Waals surface area contributed by atoms with Gasteiger partial charge in [0.05, 0.1) is 48.8 Å². The highest BCUT2D eigenvalue weighted by atomic mass is 16.5. The van der Waals surface area contributed by atoms with Gasteiger partial charge in [0.2, 0.25) is 5.91 Å². The van der Waals surface area contributed by atoms with Crippen LogP contribution in [0.2, 0.25) is 0 Å². The predicted octanol–water partition coefficient (Wildman–Crippen LogP) is 4.43. The van der Waals surface area contributed by atoms with Gasteiger partial charge in [0.25, 0.3) is 0 Å². The first kappa shape index (κ1) is 34.9. The molecule has 8 nitrogen and oxygen atoms in total. The SMILES string of the molecule is CNCCOC(C)(C)CCOC(C)(C)CCC(=O)NCCOC(C)(C)CCOC(C)(C)CCC(C)=O. The van der Waals surface area contributed by atoms with Gasteiger partial charge >= 0.3 is 0 Å². The van der Waals surface area contributed by atoms with Gasteiger partial charge in [-0.15, -0.1) is 0 Å². The van der Waals surface area contributed by atoms with Crippen molar-refractivity contribution in [2.24, 2.45) is 0 Å². The molecule has 2 N–H and O–H groups in total. The Labute approximate surface area is 220 Å². The Morgan fingerprint density at radius 3 is 1.42 bits per heavy atom. The standard InChI is InChI=1S/C28H56N2O6/c1-23(31)11-13-25(2,3)33-19-16-28(8,9)36-22-18-30-24(32)12-14-26(4,5)34-20-15-27(6,7)35-21-17-29-10/h29H,11-22H2,1-10H3,(H,30,32). The molecule has 214 valence electrons. The summed E-state index contributed by atoms with van der Waals surface area (Å²) in [6.07, 6.45) is 3.81. The van der Waals surface area contributed by atoms with Crippen LogP contribution in [-0.4, -0.2) is 80.7 Å². The molecule has 0 aromatic heterocycles. The first-order valence-electron chi connectivity index (χ1n) is 13.5. The molecule has 0 aromatic carbocycles. The van der Waals surface area contributed by atoms with Crippen LogP contribution in [0, 0.1) is 0 Å². The Balaban J connectivity index is 4.09. The molecule has 1 amide bonds. The summed E-state index contributed by atoms with van der Waals surface area (Å²) in [5, 5.41) is 6.01. The van der Waals surface area contributed by atoms with Gasteiger partial charge in [-0.3, -0.25) is 4.79 Å². The zero-order valence-electron chi connectivity index (χ0n) is 24.9. The van der Waals surface area contributed by atoms with E-state index in [1.165, 1.54) is 0 Å². The average Bonchev–Trinajstić information content (AvgIpc) is 2.73. The van der Waals surface area contributed by atoms with Crippen LogP contribution in [0.3, 0.4) is 0 Å². The summed E-state index contributed by atoms with van der Waals surface area (Å²) < 4.78 is 23.9. The largest absolute Gasteiger partial charge is 0.375 e. The molecule has 0 spiro atoms. The van der Waals surface area contributed by atoms with Crippen molar-refractivity contribution in [3.05, 3.63) is 0 Å². The highest BCUT2D eigenvalue weighted by Crippen LogP contribution is 2.22. The van der Waals surface area contributed by atoms with Crippen molar-refractivity contribution in [3.8, 4) is 0 Å². The van der Waals surface area contributed by atoms with Gasteiger partial charge in [0, 0.05) is 25.9 Å². The molecule has 0 aliphatic heterocycles. The molecule has 0 atom stereocenters. The average molecular weight is 517 g/mol. The maximum Gasteiger partial charge on any atom is 0.220 e. The van der Waals surface area contributed by atoms with E-state index in [1.54, 1.807) is 6.92 Å². The van der Waals surface area contributed by atoms with Crippen LogP contribution in [0.5, 0.6) is 0 Å². The van der Waals surface area contributed by atoms with Crippen molar-refractivity contribution in [2.45, 2.75) is 123 Å². The van der Waals surface area contributed by atoms with Crippen molar-refractivity contribution in [1.29, 1.82) is 0 Å². The van der Waals surface area contributed by atoms with E-state index >= 15 is 0 Å². The van der Waals surface area contributed by atoms with E-state index in [0.717, 1.165) is 19.4 Å². The fraction of sp³-hybridized carbons (Fsp3) is 0.929. The minimum absolute atomic E-state index is 0.000589. The molecule has 0 aliphatic carbocycles. The number of ketones is 1. The second kappa shape index (κ2) is 16.7. The number of amides is 1. The van der Waals surface area contributed by atoms with Crippen LogP contribution < -0.4 is 10.6 Å². The molecule has 0 heterocycles. The minimum atomic E-state index is -0.380. The topological polar surface area (TPSA) is 95.1 Å². The molecule has 8 heteroatoms. The van der Waals surface area contributed by atoms with Crippen molar-refractivity contribution in [2.75, 3.05) is 46.6 Å². The number of hydrogen-bond donors (Lipinski definition) is 2. The molecular weight excluding hydrogens is 460 g/mol. The van der Waals surface area contributed by atoms with E-state index in [1.807, 2.05) is 48.6 Å². The van der Waals surface area contributed by atoms with Crippen molar-refractivity contribution >= 4 is 11.7 Å². The van der Waals surface area contributed by atoms with E-state index < -0.39 is 0 Å². The minimum Gasteiger partial charge on any atom is -0.375 e. The molecule has 0 radical (unpaired) electrons. The van der Waals surface area contributed by atoms with Crippen LogP contribution >= 0.6 is 0 Å². The summed E-state index contributed by atoms with van der Waals surface area (Å²) in [6, 6.07) is 0. The van der Waals surface area contributed by atoms with E-state index in [-0.39, 0.29) is 34.1 Å². The number of ether oxygens (including phenoxy) is 4. The molecule has 0 saturated heterocycles. The predicted molar refractivity (Wildman–Crippen MR) is 145 cm³/mol. The molecule has 0 unspecified atom stereocenters. The Hall–Kier alpha value is -1.06. The zero-order chi connectivity index (χ0) is 27.9. The van der Waals surface area contributed by atoms with Crippen LogP contribution in [0.25, 0.3) is 0 Å². The second-order valence-electron chi connectivity index (χ2n) is 12.1. The monoisotopic (exact) mass is 516 g/mol. The Morgan fingerprint density at radius 2 is 0.972 bits per heavy atom. The fourth-order valence-electron chi connectivity index (χ4n) is 3.36. The van der Waals surface area contributed by atoms with E-state index in [2.05, 4.69) is 24.5 Å². The molecule has 0 aromatic rings. The quantitative estimate of drug-likeness (QED) is 0.206. The number of rotatable bonds is 22. The Kier molecular flexibility index (Phi) is 16.2. The summed E-state index contributed by atoms with van der Waals surface area (Å²) in [5.41, 5.74) is -1.31. The lowest BCUT2D eigenvalue weighted by Gasteiger charge is -2.30. The van der Waals surface area contributed by atoms with Gasteiger partial charge in [-0.25, -0.2) is 0 Å². The summed E-state index contributed by atoms with van der Waals surface area (Å²) in [5.74, 6) is 0.179. The smallest absolute Gasteiger partial charge is 0.220 e. The van der Waals surface area contributed by atoms with Crippen molar-refractivity contribution in [3.63, 3.8) is 0 Å². The summed E-state index contributed by atoms with van der Waals surface area (Å²) in [4.78, 5) is 23.5. The van der Waals surface area contributed by atoms with Gasteiger partial charge in [-0.1, -0.05) is 0 Å². The second-order valence-corrected chi connectivity index (χ2v) is 12.1. The molecule has 0 fully saturated rings. The van der Waals surface area contributed by atoms with Crippen LogP contribution in [0.15, 0.2) is 0 Å². The molecule has 0 saturated carbocycles. The van der Waals surface area contributed by atoms with Crippen LogP contribution in [0.1, 0.15) is 101 Å². The third-order valence-electron chi connectivity index (χ3n) is 6.19. The van der Waals surface area contributed by atoms with Gasteiger partial charge < -0.3 is 34.4 Å². The van der Waals surface area contributed by atoms with Crippen LogP contribution in [-0.2, 0) is 28.5 Å². The van der Waals surface area contributed by atoms with Crippen molar-refractivity contribution < 1.29 is 28.5 Å². The third-order valence-corrected chi connectivity index (χ3v) is 6.19. The van der Waals surface area contributed by atoms with Crippen molar-refractivity contribution in [1.82, 2.24) is 10.6 Å². The normalized spacial score (nSPS) is 13.2. The van der Waals surface area contributed by atoms with Gasteiger partial charge in [-0.05, 0) is 95.0 Å². The van der Waals surface area contributed by atoms with Gasteiger partial charge in [0.1, 0.15) is 5.78 Å².